The van der Waals surface area contributed by atoms with Crippen molar-refractivity contribution in [1.82, 2.24) is 14.8 Å². The van der Waals surface area contributed by atoms with E-state index in [2.05, 4.69) is 58.3 Å². The predicted octanol–water partition coefficient (Wildman–Crippen LogP) is 2.66. The maximum Gasteiger partial charge on any atom is 0.313 e. The van der Waals surface area contributed by atoms with E-state index in [0.29, 0.717) is 24.0 Å². The molecular formula is C25H34N6O2. The van der Waals surface area contributed by atoms with Crippen LogP contribution < -0.4 is 16.0 Å². The lowest BCUT2D eigenvalue weighted by atomic mass is 9.89. The second-order valence-corrected chi connectivity index (χ2v) is 9.42. The topological polar surface area (TPSA) is 94.8 Å². The lowest BCUT2D eigenvalue weighted by molar-refractivity contribution is -0.146. The van der Waals surface area contributed by atoms with Gasteiger partial charge in [0.25, 0.3) is 0 Å². The number of nitrogens with one attached hydrogen (secondary N) is 1. The van der Waals surface area contributed by atoms with Crippen LogP contribution in [0.15, 0.2) is 36.5 Å². The highest BCUT2D eigenvalue weighted by Gasteiger charge is 2.34. The number of aryl methyl sites for hydroxylation is 1. The quantitative estimate of drug-likeness (QED) is 0.698. The number of likely N-dealkylation sites (N-methyl/N-ethyl adjacent to an activating group) is 1. The van der Waals surface area contributed by atoms with Gasteiger partial charge in [-0.15, -0.1) is 0 Å². The summed E-state index contributed by atoms with van der Waals surface area (Å²) in [5.41, 5.74) is 9.26. The molecule has 2 aliphatic heterocycles. The molecule has 1 aromatic carbocycles. The predicted molar refractivity (Wildman–Crippen MR) is 131 cm³/mol. The van der Waals surface area contributed by atoms with Crippen LogP contribution in [0, 0.1) is 12.8 Å². The third kappa shape index (κ3) is 5.27. The molecule has 2 fully saturated rings. The van der Waals surface area contributed by atoms with Gasteiger partial charge in [0.15, 0.2) is 0 Å². The van der Waals surface area contributed by atoms with Crippen molar-refractivity contribution >= 4 is 29.0 Å². The van der Waals surface area contributed by atoms with Gasteiger partial charge < -0.3 is 25.8 Å². The van der Waals surface area contributed by atoms with E-state index in [9.17, 15) is 9.59 Å². The number of likely N-dealkylation sites (tertiary alicyclic amines) is 1. The van der Waals surface area contributed by atoms with E-state index in [4.69, 9.17) is 5.73 Å². The Kier molecular flexibility index (Phi) is 6.83. The van der Waals surface area contributed by atoms with Crippen molar-refractivity contribution < 1.29 is 9.59 Å². The Bertz CT molecular complexity index is 1020. The zero-order chi connectivity index (χ0) is 23.5. The molecule has 2 atom stereocenters. The number of anilines is 3. The highest BCUT2D eigenvalue weighted by atomic mass is 16.2. The van der Waals surface area contributed by atoms with Gasteiger partial charge in [0.05, 0.1) is 17.9 Å². The maximum atomic E-state index is 13.3. The summed E-state index contributed by atoms with van der Waals surface area (Å²) < 4.78 is 0. The zero-order valence-corrected chi connectivity index (χ0v) is 19.8. The molecule has 2 saturated heterocycles. The fraction of sp³-hybridized carbons (Fsp3) is 0.480. The molecular weight excluding hydrogens is 416 g/mol. The van der Waals surface area contributed by atoms with Crippen molar-refractivity contribution in [2.75, 3.05) is 55.7 Å². The number of nitrogen functional groups attached to an aromatic ring is 1. The minimum atomic E-state index is -0.643. The molecule has 176 valence electrons. The number of pyridine rings is 1. The Balaban J connectivity index is 1.52. The van der Waals surface area contributed by atoms with Crippen LogP contribution in [-0.2, 0) is 9.59 Å². The van der Waals surface area contributed by atoms with Crippen molar-refractivity contribution in [3.63, 3.8) is 0 Å². The normalized spacial score (nSPS) is 21.7. The fourth-order valence-corrected chi connectivity index (χ4v) is 4.69. The average Bonchev–Trinajstić information content (AvgIpc) is 2.81. The zero-order valence-electron chi connectivity index (χ0n) is 19.8. The third-order valence-corrected chi connectivity index (χ3v) is 6.77. The molecule has 2 aromatic rings. The Morgan fingerprint density at radius 3 is 2.61 bits per heavy atom. The molecule has 2 aliphatic rings. The molecule has 0 bridgehead atoms. The second kappa shape index (κ2) is 9.79. The van der Waals surface area contributed by atoms with Gasteiger partial charge in [-0.3, -0.25) is 9.59 Å². The first-order valence-electron chi connectivity index (χ1n) is 11.7. The van der Waals surface area contributed by atoms with E-state index < -0.39 is 11.8 Å². The van der Waals surface area contributed by atoms with Gasteiger partial charge in [-0.05, 0) is 62.1 Å². The number of carbonyl (C=O) groups excluding carboxylic acids is 2. The molecule has 3 heterocycles. The van der Waals surface area contributed by atoms with Gasteiger partial charge in [-0.1, -0.05) is 19.1 Å². The van der Waals surface area contributed by atoms with Gasteiger partial charge in [0.1, 0.15) is 5.82 Å². The Hall–Kier alpha value is -3.13. The summed E-state index contributed by atoms with van der Waals surface area (Å²) in [7, 11) is 2.15. The first kappa shape index (κ1) is 23.0. The van der Waals surface area contributed by atoms with Crippen LogP contribution in [0.3, 0.4) is 0 Å². The van der Waals surface area contributed by atoms with Crippen molar-refractivity contribution in [1.29, 1.82) is 0 Å². The second-order valence-electron chi connectivity index (χ2n) is 9.42. The van der Waals surface area contributed by atoms with E-state index in [0.717, 1.165) is 50.1 Å². The Morgan fingerprint density at radius 1 is 1.12 bits per heavy atom. The van der Waals surface area contributed by atoms with Gasteiger partial charge in [-0.25, -0.2) is 4.98 Å². The van der Waals surface area contributed by atoms with Crippen molar-refractivity contribution in [3.05, 3.63) is 47.7 Å². The summed E-state index contributed by atoms with van der Waals surface area (Å²) in [5, 5.41) is 2.70. The summed E-state index contributed by atoms with van der Waals surface area (Å²) in [6.45, 7) is 8.56. The monoisotopic (exact) mass is 450 g/mol. The van der Waals surface area contributed by atoms with Crippen LogP contribution in [0.25, 0.3) is 0 Å². The van der Waals surface area contributed by atoms with E-state index >= 15 is 0 Å². The summed E-state index contributed by atoms with van der Waals surface area (Å²) in [4.78, 5) is 36.7. The summed E-state index contributed by atoms with van der Waals surface area (Å²) in [5.74, 6) is -0.398. The van der Waals surface area contributed by atoms with Gasteiger partial charge >= 0.3 is 11.8 Å². The van der Waals surface area contributed by atoms with E-state index in [1.807, 2.05) is 6.92 Å². The number of hydrogen-bond acceptors (Lipinski definition) is 6. The number of hydrogen-bond donors (Lipinski definition) is 2. The first-order valence-corrected chi connectivity index (χ1v) is 11.7. The van der Waals surface area contributed by atoms with Crippen LogP contribution in [0.2, 0.25) is 0 Å². The lowest BCUT2D eigenvalue weighted by Crippen LogP contribution is -2.46. The van der Waals surface area contributed by atoms with Crippen LogP contribution in [0.5, 0.6) is 0 Å². The van der Waals surface area contributed by atoms with E-state index in [1.54, 1.807) is 11.0 Å². The molecule has 0 radical (unpaired) electrons. The Morgan fingerprint density at radius 2 is 1.88 bits per heavy atom. The molecule has 0 unspecified atom stereocenters. The number of amides is 2. The highest BCUT2D eigenvalue weighted by Crippen LogP contribution is 2.35. The average molecular weight is 451 g/mol. The molecule has 0 spiro atoms. The van der Waals surface area contributed by atoms with E-state index in [1.165, 1.54) is 11.9 Å². The fourth-order valence-electron chi connectivity index (χ4n) is 4.69. The summed E-state index contributed by atoms with van der Waals surface area (Å²) in [6, 6.07) is 10.1. The smallest absolute Gasteiger partial charge is 0.313 e. The number of piperidine rings is 1. The molecule has 8 nitrogen and oxygen atoms in total. The highest BCUT2D eigenvalue weighted by molar-refractivity contribution is 6.39. The summed E-state index contributed by atoms with van der Waals surface area (Å²) >= 11 is 0. The molecule has 3 N–H and O–H groups in total. The van der Waals surface area contributed by atoms with Crippen LogP contribution in [-0.4, -0.2) is 66.4 Å². The number of nitrogens with zero attached hydrogens (tertiary/aromatic N) is 4. The molecule has 0 aliphatic carbocycles. The van der Waals surface area contributed by atoms with Crippen molar-refractivity contribution in [3.8, 4) is 0 Å². The van der Waals surface area contributed by atoms with E-state index in [-0.39, 0.29) is 6.04 Å². The number of benzene rings is 1. The minimum Gasteiger partial charge on any atom is -0.383 e. The molecule has 4 rings (SSSR count). The first-order chi connectivity index (χ1) is 15.8. The van der Waals surface area contributed by atoms with Gasteiger partial charge in [0.2, 0.25) is 0 Å². The van der Waals surface area contributed by atoms with Gasteiger partial charge in [0, 0.05) is 38.4 Å². The van der Waals surface area contributed by atoms with Crippen molar-refractivity contribution in [2.24, 2.45) is 5.92 Å². The largest absolute Gasteiger partial charge is 0.383 e. The molecule has 2 amide bonds. The number of aromatic nitrogens is 1. The van der Waals surface area contributed by atoms with Gasteiger partial charge in [-0.2, -0.15) is 0 Å². The van der Waals surface area contributed by atoms with Crippen LogP contribution in [0.4, 0.5) is 17.2 Å². The van der Waals surface area contributed by atoms with Crippen molar-refractivity contribution in [2.45, 2.75) is 32.7 Å². The molecule has 1 aromatic heterocycles. The summed E-state index contributed by atoms with van der Waals surface area (Å²) in [6.07, 6.45) is 3.34. The number of rotatable bonds is 3. The SMILES string of the molecule is Cc1cc(NC(=O)C(=O)N2C[C@@H](C)CC[C@@H]2c2cccc(N3CCN(C)CC3)c2)cnc1N. The molecule has 33 heavy (non-hydrogen) atoms. The number of piperazine rings is 1. The Labute approximate surface area is 195 Å². The molecule has 8 heteroatoms. The standard InChI is InChI=1S/C25H34N6O2/c1-17-7-8-22(19-5-4-6-21(14-19)30-11-9-29(3)10-12-30)31(16-17)25(33)24(32)28-20-13-18(2)23(26)27-15-20/h4-6,13-15,17,22H,7-12,16H2,1-3H3,(H2,26,27)(H,28,32)/t17-,22+/m0/s1. The number of nitrogens with two attached hydrogens (primary N) is 1. The number of carbonyl (C=O) groups is 2. The maximum absolute atomic E-state index is 13.3. The third-order valence-electron chi connectivity index (χ3n) is 6.77. The lowest BCUT2D eigenvalue weighted by Gasteiger charge is -2.39. The molecule has 0 saturated carbocycles. The van der Waals surface area contributed by atoms with Crippen LogP contribution >= 0.6 is 0 Å². The minimum absolute atomic E-state index is 0.113. The van der Waals surface area contributed by atoms with Crippen LogP contribution in [0.1, 0.15) is 36.9 Å².